The number of hydrogen-bond acceptors (Lipinski definition) is 5. The molecule has 3 aromatic rings. The Morgan fingerprint density at radius 1 is 1.19 bits per heavy atom. The van der Waals surface area contributed by atoms with Crippen molar-refractivity contribution in [1.29, 1.82) is 0 Å². The molecule has 0 aliphatic carbocycles. The van der Waals surface area contributed by atoms with Gasteiger partial charge in [0.1, 0.15) is 5.82 Å². The normalized spacial score (nSPS) is 14.1. The van der Waals surface area contributed by atoms with E-state index in [4.69, 9.17) is 16.0 Å². The van der Waals surface area contributed by atoms with Gasteiger partial charge in [-0.15, -0.1) is 10.2 Å². The SMILES string of the molecule is O=C(N1CCSCC1)N(Cc1ccc(-c2nnc(C(F)F)o2)cc1F)c1cccc(Cl)c1. The van der Waals surface area contributed by atoms with E-state index >= 15 is 0 Å². The lowest BCUT2D eigenvalue weighted by Crippen LogP contribution is -2.46. The van der Waals surface area contributed by atoms with Crippen LogP contribution in [0.3, 0.4) is 0 Å². The first-order chi connectivity index (χ1) is 15.4. The molecule has 168 valence electrons. The molecule has 0 N–H and O–H groups in total. The second-order valence-electron chi connectivity index (χ2n) is 7.00. The number of amides is 2. The number of aromatic nitrogens is 2. The fourth-order valence-electron chi connectivity index (χ4n) is 3.26. The zero-order valence-electron chi connectivity index (χ0n) is 16.7. The second-order valence-corrected chi connectivity index (χ2v) is 8.66. The summed E-state index contributed by atoms with van der Waals surface area (Å²) < 4.78 is 45.2. The van der Waals surface area contributed by atoms with Crippen LogP contribution in [0.4, 0.5) is 23.7 Å². The lowest BCUT2D eigenvalue weighted by molar-refractivity contribution is 0.116. The third kappa shape index (κ3) is 5.02. The zero-order valence-corrected chi connectivity index (χ0v) is 18.3. The third-order valence-electron chi connectivity index (χ3n) is 4.89. The van der Waals surface area contributed by atoms with Gasteiger partial charge < -0.3 is 9.32 Å². The van der Waals surface area contributed by atoms with Gasteiger partial charge in [-0.2, -0.15) is 20.5 Å². The number of urea groups is 1. The Morgan fingerprint density at radius 3 is 2.62 bits per heavy atom. The maximum Gasteiger partial charge on any atom is 0.324 e. The number of nitrogens with zero attached hydrogens (tertiary/aromatic N) is 4. The van der Waals surface area contributed by atoms with Gasteiger partial charge in [0, 0.05) is 46.4 Å². The average molecular weight is 483 g/mol. The van der Waals surface area contributed by atoms with Crippen molar-refractivity contribution in [3.63, 3.8) is 0 Å². The van der Waals surface area contributed by atoms with Gasteiger partial charge >= 0.3 is 12.5 Å². The fraction of sp³-hybridized carbons (Fsp3) is 0.286. The quantitative estimate of drug-likeness (QED) is 0.471. The van der Waals surface area contributed by atoms with Gasteiger partial charge in [0.05, 0.1) is 6.54 Å². The van der Waals surface area contributed by atoms with Crippen LogP contribution in [0.15, 0.2) is 46.9 Å². The van der Waals surface area contributed by atoms with Crippen LogP contribution in [-0.2, 0) is 6.54 Å². The molecule has 2 amide bonds. The minimum absolute atomic E-state index is 0.0406. The predicted octanol–water partition coefficient (Wildman–Crippen LogP) is 5.64. The molecule has 0 atom stereocenters. The van der Waals surface area contributed by atoms with E-state index in [0.29, 0.717) is 23.8 Å². The Kier molecular flexibility index (Phi) is 6.90. The number of alkyl halides is 2. The van der Waals surface area contributed by atoms with Crippen molar-refractivity contribution in [2.45, 2.75) is 13.0 Å². The van der Waals surface area contributed by atoms with Crippen LogP contribution in [0.1, 0.15) is 17.9 Å². The molecule has 0 bridgehead atoms. The highest BCUT2D eigenvalue weighted by atomic mass is 35.5. The molecule has 0 unspecified atom stereocenters. The Morgan fingerprint density at radius 2 is 1.97 bits per heavy atom. The van der Waals surface area contributed by atoms with Crippen LogP contribution in [-0.4, -0.2) is 45.7 Å². The molecule has 1 saturated heterocycles. The first kappa shape index (κ1) is 22.5. The largest absolute Gasteiger partial charge is 0.415 e. The van der Waals surface area contributed by atoms with Gasteiger partial charge in [0.25, 0.3) is 5.89 Å². The van der Waals surface area contributed by atoms with Crippen molar-refractivity contribution in [2.75, 3.05) is 29.5 Å². The summed E-state index contributed by atoms with van der Waals surface area (Å²) in [5.41, 5.74) is 0.948. The van der Waals surface area contributed by atoms with Gasteiger partial charge in [-0.1, -0.05) is 23.7 Å². The molecule has 1 fully saturated rings. The predicted molar refractivity (Wildman–Crippen MR) is 117 cm³/mol. The van der Waals surface area contributed by atoms with Crippen LogP contribution in [0, 0.1) is 5.82 Å². The Hall–Kier alpha value is -2.72. The Balaban J connectivity index is 1.61. The molecule has 2 aromatic carbocycles. The van der Waals surface area contributed by atoms with Crippen LogP contribution < -0.4 is 4.90 Å². The summed E-state index contributed by atoms with van der Waals surface area (Å²) in [6, 6.07) is 10.6. The summed E-state index contributed by atoms with van der Waals surface area (Å²) in [5.74, 6) is 0.000871. The summed E-state index contributed by atoms with van der Waals surface area (Å²) in [6.07, 6.45) is -2.91. The molecular formula is C21H18ClF3N4O2S. The number of carbonyl (C=O) groups excluding carboxylic acids is 1. The smallest absolute Gasteiger partial charge is 0.324 e. The molecule has 1 aromatic heterocycles. The number of carbonyl (C=O) groups is 1. The van der Waals surface area contributed by atoms with Crippen molar-refractivity contribution in [1.82, 2.24) is 15.1 Å². The highest BCUT2D eigenvalue weighted by Gasteiger charge is 2.26. The van der Waals surface area contributed by atoms with Crippen LogP contribution >= 0.6 is 23.4 Å². The van der Waals surface area contributed by atoms with Crippen LogP contribution in [0.2, 0.25) is 5.02 Å². The van der Waals surface area contributed by atoms with E-state index < -0.39 is 18.1 Å². The molecule has 0 saturated carbocycles. The number of thioether (sulfide) groups is 1. The molecule has 2 heterocycles. The number of halogens is 4. The fourth-order valence-corrected chi connectivity index (χ4v) is 4.34. The number of hydrogen-bond donors (Lipinski definition) is 0. The number of benzene rings is 2. The summed E-state index contributed by atoms with van der Waals surface area (Å²) in [4.78, 5) is 16.5. The lowest BCUT2D eigenvalue weighted by Gasteiger charge is -2.33. The number of rotatable bonds is 5. The van der Waals surface area contributed by atoms with E-state index in [1.165, 1.54) is 17.0 Å². The molecule has 11 heteroatoms. The van der Waals surface area contributed by atoms with Gasteiger partial charge in [0.2, 0.25) is 5.89 Å². The van der Waals surface area contributed by atoms with E-state index in [9.17, 15) is 18.0 Å². The zero-order chi connectivity index (χ0) is 22.7. The van der Waals surface area contributed by atoms with Gasteiger partial charge in [-0.05, 0) is 30.3 Å². The van der Waals surface area contributed by atoms with E-state index in [-0.39, 0.29) is 29.6 Å². The summed E-state index contributed by atoms with van der Waals surface area (Å²) in [5, 5.41) is 7.24. The first-order valence-corrected chi connectivity index (χ1v) is 11.3. The molecule has 4 rings (SSSR count). The van der Waals surface area contributed by atoms with Crippen LogP contribution in [0.25, 0.3) is 11.5 Å². The van der Waals surface area contributed by atoms with Gasteiger partial charge in [-0.3, -0.25) is 4.90 Å². The Bertz CT molecular complexity index is 1110. The first-order valence-electron chi connectivity index (χ1n) is 9.72. The van der Waals surface area contributed by atoms with Crippen LogP contribution in [0.5, 0.6) is 0 Å². The lowest BCUT2D eigenvalue weighted by atomic mass is 10.1. The van der Waals surface area contributed by atoms with E-state index in [1.807, 2.05) is 0 Å². The Labute approximate surface area is 191 Å². The number of anilines is 1. The van der Waals surface area contributed by atoms with E-state index in [1.54, 1.807) is 40.9 Å². The van der Waals surface area contributed by atoms with Crippen molar-refractivity contribution in [2.24, 2.45) is 0 Å². The molecule has 0 spiro atoms. The molecule has 32 heavy (non-hydrogen) atoms. The highest BCUT2D eigenvalue weighted by molar-refractivity contribution is 7.99. The molecular weight excluding hydrogens is 465 g/mol. The summed E-state index contributed by atoms with van der Waals surface area (Å²) in [7, 11) is 0. The highest BCUT2D eigenvalue weighted by Crippen LogP contribution is 2.28. The third-order valence-corrected chi connectivity index (χ3v) is 6.07. The molecule has 1 aliphatic heterocycles. The van der Waals surface area contributed by atoms with Gasteiger partial charge in [-0.25, -0.2) is 9.18 Å². The van der Waals surface area contributed by atoms with E-state index in [2.05, 4.69) is 10.2 Å². The summed E-state index contributed by atoms with van der Waals surface area (Å²) >= 11 is 7.90. The second kappa shape index (κ2) is 9.83. The van der Waals surface area contributed by atoms with E-state index in [0.717, 1.165) is 17.6 Å². The van der Waals surface area contributed by atoms with Crippen molar-refractivity contribution in [3.8, 4) is 11.5 Å². The monoisotopic (exact) mass is 482 g/mol. The maximum absolute atomic E-state index is 14.9. The minimum atomic E-state index is -2.91. The summed E-state index contributed by atoms with van der Waals surface area (Å²) in [6.45, 7) is 1.16. The topological polar surface area (TPSA) is 62.5 Å². The van der Waals surface area contributed by atoms with Crippen molar-refractivity contribution in [3.05, 3.63) is 64.8 Å². The molecule has 0 radical (unpaired) electrons. The maximum atomic E-state index is 14.9. The standard InChI is InChI=1S/C21H18ClF3N4O2S/c22-15-2-1-3-16(11-15)29(21(30)28-6-8-32-9-7-28)12-14-5-4-13(10-17(14)23)19-26-27-20(31-19)18(24)25/h1-5,10-11,18H,6-9,12H2. The van der Waals surface area contributed by atoms with Crippen molar-refractivity contribution < 1.29 is 22.4 Å². The molecule has 6 nitrogen and oxygen atoms in total. The van der Waals surface area contributed by atoms with Crippen molar-refractivity contribution >= 4 is 35.1 Å². The average Bonchev–Trinajstić information content (AvgIpc) is 3.29. The molecule has 1 aliphatic rings. The van der Waals surface area contributed by atoms with Gasteiger partial charge in [0.15, 0.2) is 0 Å². The minimum Gasteiger partial charge on any atom is -0.415 e.